The van der Waals surface area contributed by atoms with E-state index in [1.54, 1.807) is 6.08 Å². The molecular weight excluding hydrogens is 232 g/mol. The minimum absolute atomic E-state index is 0.213. The van der Waals surface area contributed by atoms with Gasteiger partial charge in [-0.25, -0.2) is 4.79 Å². The van der Waals surface area contributed by atoms with Crippen LogP contribution in [-0.2, 0) is 9.53 Å². The summed E-state index contributed by atoms with van der Waals surface area (Å²) < 4.78 is 4.73. The van der Waals surface area contributed by atoms with Crippen LogP contribution in [0.4, 0.5) is 0 Å². The van der Waals surface area contributed by atoms with Crippen molar-refractivity contribution in [3.63, 3.8) is 0 Å². The van der Waals surface area contributed by atoms with Crippen molar-refractivity contribution < 1.29 is 14.3 Å². The number of nitrogens with zero attached hydrogens (tertiary/aromatic N) is 2. The van der Waals surface area contributed by atoms with Gasteiger partial charge >= 0.3 is 11.3 Å². The largest absolute Gasteiger partial charge is 0.461 e. The highest BCUT2D eigenvalue weighted by molar-refractivity contribution is 7.15. The molecule has 0 heterocycles. The number of hydrogen-bond donors (Lipinski definition) is 0. The quantitative estimate of drug-likeness (QED) is 0.183. The Balaban J connectivity index is 5.80. The van der Waals surface area contributed by atoms with Crippen molar-refractivity contribution in [2.24, 2.45) is 0 Å². The molecule has 0 saturated carbocycles. The van der Waals surface area contributed by atoms with Crippen molar-refractivity contribution in [1.82, 2.24) is 0 Å². The topological polar surface area (TPSA) is 62.7 Å². The maximum atomic E-state index is 11.8. The molecule has 0 aromatic heterocycles. The summed E-state index contributed by atoms with van der Waals surface area (Å²) in [6, 6.07) is 0.705. The van der Waals surface area contributed by atoms with Crippen LogP contribution in [0.25, 0.3) is 5.53 Å². The second-order valence-electron chi connectivity index (χ2n) is 4.78. The van der Waals surface area contributed by atoms with Gasteiger partial charge in [-0.15, -0.1) is 6.58 Å². The predicted molar refractivity (Wildman–Crippen MR) is 71.6 cm³/mol. The number of methoxy groups -OCH3 is 1. The average Bonchev–Trinajstić information content (AvgIpc) is 2.27. The third-order valence-corrected chi connectivity index (χ3v) is 9.73. The summed E-state index contributed by atoms with van der Waals surface area (Å²) in [4.78, 5) is 15.0. The van der Waals surface area contributed by atoms with Gasteiger partial charge in [0.2, 0.25) is 8.07 Å². The molecule has 0 aliphatic rings. The standard InChI is InChI=1S/C12H22N2O2Si/c1-7-8-17(9(2)3,10(4)5)11(14-13)12(15)16-6/h7,9-10H,1,8H2,2-6H3. The van der Waals surface area contributed by atoms with Crippen molar-refractivity contribution in [3.8, 4) is 0 Å². The molecule has 0 amide bonds. The number of allylic oxidation sites excluding steroid dienone is 1. The number of carbonyl (C=O) groups is 1. The fourth-order valence-corrected chi connectivity index (χ4v) is 7.15. The lowest BCUT2D eigenvalue weighted by Crippen LogP contribution is -2.53. The van der Waals surface area contributed by atoms with E-state index in [2.05, 4.69) is 39.1 Å². The van der Waals surface area contributed by atoms with Crippen molar-refractivity contribution in [1.29, 1.82) is 0 Å². The van der Waals surface area contributed by atoms with Gasteiger partial charge in [0.25, 0.3) is 0 Å². The molecule has 0 spiro atoms. The molecule has 0 radical (unpaired) electrons. The van der Waals surface area contributed by atoms with Crippen LogP contribution in [0.3, 0.4) is 0 Å². The van der Waals surface area contributed by atoms with E-state index < -0.39 is 14.0 Å². The lowest BCUT2D eigenvalue weighted by molar-refractivity contribution is -0.136. The van der Waals surface area contributed by atoms with E-state index in [-0.39, 0.29) is 16.4 Å². The van der Waals surface area contributed by atoms with Gasteiger partial charge in [-0.3, -0.25) is 0 Å². The molecule has 96 valence electrons. The monoisotopic (exact) mass is 254 g/mol. The zero-order valence-corrected chi connectivity index (χ0v) is 12.4. The fraction of sp³-hybridized carbons (Fsp3) is 0.667. The van der Waals surface area contributed by atoms with Crippen LogP contribution in [0.5, 0.6) is 0 Å². The van der Waals surface area contributed by atoms with Gasteiger partial charge in [0.05, 0.1) is 7.11 Å². The third kappa shape index (κ3) is 2.93. The first-order valence-electron chi connectivity index (χ1n) is 5.80. The Labute approximate surface area is 104 Å². The highest BCUT2D eigenvalue weighted by Gasteiger charge is 2.54. The zero-order valence-electron chi connectivity index (χ0n) is 11.4. The molecule has 0 saturated heterocycles. The van der Waals surface area contributed by atoms with Crippen LogP contribution in [0.2, 0.25) is 17.1 Å². The molecule has 0 aliphatic carbocycles. The first-order chi connectivity index (χ1) is 7.88. The minimum Gasteiger partial charge on any atom is -0.461 e. The van der Waals surface area contributed by atoms with E-state index >= 15 is 0 Å². The summed E-state index contributed by atoms with van der Waals surface area (Å²) in [5.74, 6) is -0.525. The normalized spacial score (nSPS) is 11.2. The molecule has 17 heavy (non-hydrogen) atoms. The van der Waals surface area contributed by atoms with Crippen LogP contribution in [-0.4, -0.2) is 31.3 Å². The summed E-state index contributed by atoms with van der Waals surface area (Å²) in [5, 5.41) is 0.213. The Morgan fingerprint density at radius 1 is 1.41 bits per heavy atom. The van der Waals surface area contributed by atoms with Gasteiger partial charge in [0.1, 0.15) is 0 Å². The molecule has 0 bridgehead atoms. The van der Waals surface area contributed by atoms with Crippen LogP contribution < -0.4 is 0 Å². The Bertz CT molecular complexity index is 336. The molecule has 0 atom stereocenters. The molecule has 5 heteroatoms. The van der Waals surface area contributed by atoms with Gasteiger partial charge in [0.15, 0.2) is 0 Å². The van der Waals surface area contributed by atoms with Crippen LogP contribution >= 0.6 is 0 Å². The van der Waals surface area contributed by atoms with E-state index in [1.807, 2.05) is 0 Å². The third-order valence-electron chi connectivity index (χ3n) is 3.46. The summed E-state index contributed by atoms with van der Waals surface area (Å²) in [6.45, 7) is 12.0. The number of carbonyl (C=O) groups excluding carboxylic acids is 1. The van der Waals surface area contributed by atoms with Gasteiger partial charge in [-0.1, -0.05) is 33.8 Å². The van der Waals surface area contributed by atoms with Gasteiger partial charge in [-0.05, 0) is 17.1 Å². The minimum atomic E-state index is -2.26. The van der Waals surface area contributed by atoms with E-state index in [4.69, 9.17) is 4.74 Å². The molecule has 4 nitrogen and oxygen atoms in total. The van der Waals surface area contributed by atoms with Crippen molar-refractivity contribution in [3.05, 3.63) is 18.2 Å². The summed E-state index contributed by atoms with van der Waals surface area (Å²) in [5.41, 5.74) is 9.71. The molecule has 0 rings (SSSR count). The Morgan fingerprint density at radius 3 is 2.12 bits per heavy atom. The van der Waals surface area contributed by atoms with Crippen LogP contribution in [0.15, 0.2) is 12.7 Å². The Kier molecular flexibility index (Phi) is 6.06. The van der Waals surface area contributed by atoms with E-state index in [0.29, 0.717) is 6.04 Å². The summed E-state index contributed by atoms with van der Waals surface area (Å²) in [7, 11) is -0.950. The first-order valence-corrected chi connectivity index (χ1v) is 8.16. The highest BCUT2D eigenvalue weighted by atomic mass is 28.3. The first kappa shape index (κ1) is 15.8. The Morgan fingerprint density at radius 2 is 1.88 bits per heavy atom. The van der Waals surface area contributed by atoms with Gasteiger partial charge < -0.3 is 10.3 Å². The molecule has 0 unspecified atom stereocenters. The van der Waals surface area contributed by atoms with Gasteiger partial charge in [0, 0.05) is 0 Å². The maximum absolute atomic E-state index is 11.8. The average molecular weight is 254 g/mol. The molecular formula is C12H22N2O2Si. The van der Waals surface area contributed by atoms with E-state index in [1.165, 1.54) is 7.11 Å². The van der Waals surface area contributed by atoms with E-state index in [0.717, 1.165) is 0 Å². The van der Waals surface area contributed by atoms with Gasteiger partial charge in [-0.2, -0.15) is 4.79 Å². The summed E-state index contributed by atoms with van der Waals surface area (Å²) >= 11 is 0. The molecule has 0 aromatic rings. The fourth-order valence-electron chi connectivity index (χ4n) is 2.44. The SMILES string of the molecule is C=CC[Si](C(=[N+]=[N-])C(=O)OC)(C(C)C)C(C)C. The maximum Gasteiger partial charge on any atom is 0.409 e. The predicted octanol–water partition coefficient (Wildman–Crippen LogP) is 2.82. The number of rotatable bonds is 6. The lowest BCUT2D eigenvalue weighted by Gasteiger charge is -2.32. The van der Waals surface area contributed by atoms with Crippen molar-refractivity contribution >= 4 is 19.4 Å². The molecule has 0 N–H and O–H groups in total. The zero-order chi connectivity index (χ0) is 13.6. The second kappa shape index (κ2) is 6.52. The van der Waals surface area contributed by atoms with E-state index in [9.17, 15) is 10.3 Å². The summed E-state index contributed by atoms with van der Waals surface area (Å²) in [6.07, 6.45) is 1.81. The van der Waals surface area contributed by atoms with Crippen molar-refractivity contribution in [2.75, 3.05) is 7.11 Å². The number of esters is 1. The highest BCUT2D eigenvalue weighted by Crippen LogP contribution is 2.37. The molecule has 0 aromatic carbocycles. The number of ether oxygens (including phenoxy) is 1. The lowest BCUT2D eigenvalue weighted by atomic mass is 10.5. The Hall–Kier alpha value is -1.19. The second-order valence-corrected chi connectivity index (χ2v) is 10.1. The van der Waals surface area contributed by atoms with Crippen LogP contribution in [0, 0.1) is 0 Å². The smallest absolute Gasteiger partial charge is 0.409 e. The number of hydrogen-bond acceptors (Lipinski definition) is 2. The molecule has 0 aliphatic heterocycles. The van der Waals surface area contributed by atoms with Crippen LogP contribution in [0.1, 0.15) is 27.7 Å². The molecule has 0 fully saturated rings. The van der Waals surface area contributed by atoms with Crippen molar-refractivity contribution in [2.45, 2.75) is 44.8 Å².